The van der Waals surface area contributed by atoms with Crippen LogP contribution in [-0.4, -0.2) is 31.1 Å². The van der Waals surface area contributed by atoms with Crippen LogP contribution in [0.1, 0.15) is 43.9 Å². The largest absolute Gasteiger partial charge is 0.314 e. The lowest BCUT2D eigenvalue weighted by atomic mass is 9.94. The molecule has 1 aliphatic heterocycles. The molecular formula is C17H29Cl2FN2. The van der Waals surface area contributed by atoms with Gasteiger partial charge in [-0.1, -0.05) is 26.0 Å². The summed E-state index contributed by atoms with van der Waals surface area (Å²) in [5.74, 6) is 0.610. The van der Waals surface area contributed by atoms with E-state index in [0.29, 0.717) is 12.0 Å². The van der Waals surface area contributed by atoms with Crippen LogP contribution < -0.4 is 5.32 Å². The van der Waals surface area contributed by atoms with Gasteiger partial charge in [0.1, 0.15) is 5.82 Å². The maximum atomic E-state index is 13.5. The van der Waals surface area contributed by atoms with Gasteiger partial charge >= 0.3 is 0 Å². The predicted octanol–water partition coefficient (Wildman–Crippen LogP) is 4.36. The molecule has 0 unspecified atom stereocenters. The zero-order chi connectivity index (χ0) is 14.5. The molecule has 1 aromatic carbocycles. The molecule has 0 saturated carbocycles. The number of benzene rings is 1. The van der Waals surface area contributed by atoms with E-state index in [2.05, 4.69) is 24.1 Å². The molecule has 22 heavy (non-hydrogen) atoms. The van der Waals surface area contributed by atoms with Crippen molar-refractivity contribution >= 4 is 24.8 Å². The zero-order valence-corrected chi connectivity index (χ0v) is 15.4. The van der Waals surface area contributed by atoms with Gasteiger partial charge in [-0.15, -0.1) is 24.8 Å². The Morgan fingerprint density at radius 3 is 2.32 bits per heavy atom. The second kappa shape index (κ2) is 10.4. The van der Waals surface area contributed by atoms with Gasteiger partial charge < -0.3 is 5.32 Å². The van der Waals surface area contributed by atoms with E-state index in [4.69, 9.17) is 0 Å². The molecule has 1 fully saturated rings. The Morgan fingerprint density at radius 1 is 1.14 bits per heavy atom. The van der Waals surface area contributed by atoms with E-state index in [0.717, 1.165) is 38.2 Å². The predicted molar refractivity (Wildman–Crippen MR) is 96.9 cm³/mol. The fourth-order valence-electron chi connectivity index (χ4n) is 2.92. The fourth-order valence-corrected chi connectivity index (χ4v) is 2.92. The van der Waals surface area contributed by atoms with Crippen LogP contribution in [-0.2, 0) is 0 Å². The van der Waals surface area contributed by atoms with Crippen LogP contribution in [0, 0.1) is 18.7 Å². The SMILES string of the molecule is Cc1cc([C@H](CCC(C)C)N2CCNCC2)ccc1F.Cl.Cl. The van der Waals surface area contributed by atoms with Gasteiger partial charge in [0.05, 0.1) is 0 Å². The first-order chi connectivity index (χ1) is 9.58. The maximum absolute atomic E-state index is 13.5. The summed E-state index contributed by atoms with van der Waals surface area (Å²) < 4.78 is 13.5. The molecule has 1 N–H and O–H groups in total. The summed E-state index contributed by atoms with van der Waals surface area (Å²) in [7, 11) is 0. The fraction of sp³-hybridized carbons (Fsp3) is 0.647. The molecule has 0 spiro atoms. The van der Waals surface area contributed by atoms with Crippen LogP contribution in [0.3, 0.4) is 0 Å². The number of aryl methyl sites for hydroxylation is 1. The summed E-state index contributed by atoms with van der Waals surface area (Å²) in [6.07, 6.45) is 2.37. The molecule has 0 bridgehead atoms. The summed E-state index contributed by atoms with van der Waals surface area (Å²) in [5, 5.41) is 3.40. The molecule has 0 aromatic heterocycles. The smallest absolute Gasteiger partial charge is 0.126 e. The monoisotopic (exact) mass is 350 g/mol. The van der Waals surface area contributed by atoms with Gasteiger partial charge in [0.15, 0.2) is 0 Å². The minimum absolute atomic E-state index is 0. The summed E-state index contributed by atoms with van der Waals surface area (Å²) in [4.78, 5) is 2.55. The van der Waals surface area contributed by atoms with E-state index < -0.39 is 0 Å². The Labute approximate surface area is 146 Å². The number of nitrogens with zero attached hydrogens (tertiary/aromatic N) is 1. The average molecular weight is 351 g/mol. The minimum Gasteiger partial charge on any atom is -0.314 e. The average Bonchev–Trinajstić information content (AvgIpc) is 2.44. The van der Waals surface area contributed by atoms with Crippen molar-refractivity contribution in [1.29, 1.82) is 0 Å². The first kappa shape index (κ1) is 21.6. The zero-order valence-electron chi connectivity index (χ0n) is 13.8. The van der Waals surface area contributed by atoms with Crippen LogP contribution in [0.2, 0.25) is 0 Å². The van der Waals surface area contributed by atoms with Crippen molar-refractivity contribution in [2.24, 2.45) is 5.92 Å². The Morgan fingerprint density at radius 2 is 1.77 bits per heavy atom. The van der Waals surface area contributed by atoms with Gasteiger partial charge in [0, 0.05) is 32.2 Å². The lowest BCUT2D eigenvalue weighted by Gasteiger charge is -2.36. The van der Waals surface area contributed by atoms with Gasteiger partial charge in [0.2, 0.25) is 0 Å². The molecule has 1 atom stereocenters. The van der Waals surface area contributed by atoms with Gasteiger partial charge in [-0.3, -0.25) is 4.90 Å². The van der Waals surface area contributed by atoms with E-state index in [1.54, 1.807) is 6.07 Å². The Bertz CT molecular complexity index is 435. The van der Waals surface area contributed by atoms with E-state index >= 15 is 0 Å². The summed E-state index contributed by atoms with van der Waals surface area (Å²) in [6.45, 7) is 10.7. The van der Waals surface area contributed by atoms with Crippen molar-refractivity contribution in [3.63, 3.8) is 0 Å². The number of hydrogen-bond donors (Lipinski definition) is 1. The molecule has 2 nitrogen and oxygen atoms in total. The van der Waals surface area contributed by atoms with Crippen LogP contribution in [0.5, 0.6) is 0 Å². The van der Waals surface area contributed by atoms with Crippen LogP contribution in [0.25, 0.3) is 0 Å². The third kappa shape index (κ3) is 6.04. The van der Waals surface area contributed by atoms with Gasteiger partial charge in [0.25, 0.3) is 0 Å². The lowest BCUT2D eigenvalue weighted by Crippen LogP contribution is -2.45. The summed E-state index contributed by atoms with van der Waals surface area (Å²) in [6, 6.07) is 6.05. The molecule has 1 aromatic rings. The quantitative estimate of drug-likeness (QED) is 0.848. The highest BCUT2D eigenvalue weighted by Gasteiger charge is 2.22. The second-order valence-corrected chi connectivity index (χ2v) is 6.28. The molecule has 0 radical (unpaired) electrons. The van der Waals surface area contributed by atoms with E-state index in [1.807, 2.05) is 19.1 Å². The highest BCUT2D eigenvalue weighted by atomic mass is 35.5. The molecule has 1 heterocycles. The molecular weight excluding hydrogens is 322 g/mol. The Hall–Kier alpha value is -0.350. The van der Waals surface area contributed by atoms with Crippen LogP contribution in [0.15, 0.2) is 18.2 Å². The topological polar surface area (TPSA) is 15.3 Å². The first-order valence-corrected chi connectivity index (χ1v) is 7.78. The molecule has 0 amide bonds. The first-order valence-electron chi connectivity index (χ1n) is 7.78. The van der Waals surface area contributed by atoms with Crippen molar-refractivity contribution in [2.75, 3.05) is 26.2 Å². The third-order valence-electron chi connectivity index (χ3n) is 4.18. The Balaban J connectivity index is 0.00000220. The van der Waals surface area contributed by atoms with Crippen LogP contribution in [0.4, 0.5) is 4.39 Å². The van der Waals surface area contributed by atoms with Crippen molar-refractivity contribution < 1.29 is 4.39 Å². The molecule has 1 saturated heterocycles. The van der Waals surface area contributed by atoms with E-state index in [-0.39, 0.29) is 30.6 Å². The summed E-state index contributed by atoms with van der Waals surface area (Å²) >= 11 is 0. The van der Waals surface area contributed by atoms with Crippen molar-refractivity contribution in [3.05, 3.63) is 35.1 Å². The standard InChI is InChI=1S/C17H27FN2.2ClH/c1-13(2)4-7-17(20-10-8-19-9-11-20)15-5-6-16(18)14(3)12-15;;/h5-6,12-13,17,19H,4,7-11H2,1-3H3;2*1H/t17-;;/m0../s1. The van der Waals surface area contributed by atoms with Gasteiger partial charge in [-0.25, -0.2) is 4.39 Å². The van der Waals surface area contributed by atoms with Crippen molar-refractivity contribution in [1.82, 2.24) is 10.2 Å². The Kier molecular flexibility index (Phi) is 10.3. The van der Waals surface area contributed by atoms with Gasteiger partial charge in [-0.05, 0) is 42.9 Å². The van der Waals surface area contributed by atoms with E-state index in [9.17, 15) is 4.39 Å². The second-order valence-electron chi connectivity index (χ2n) is 6.28. The highest BCUT2D eigenvalue weighted by Crippen LogP contribution is 2.28. The molecule has 128 valence electrons. The number of hydrogen-bond acceptors (Lipinski definition) is 2. The molecule has 5 heteroatoms. The van der Waals surface area contributed by atoms with Crippen molar-refractivity contribution in [2.45, 2.75) is 39.7 Å². The highest BCUT2D eigenvalue weighted by molar-refractivity contribution is 5.85. The molecule has 0 aliphatic carbocycles. The number of halogens is 3. The lowest BCUT2D eigenvalue weighted by molar-refractivity contribution is 0.159. The third-order valence-corrected chi connectivity index (χ3v) is 4.18. The number of rotatable bonds is 5. The maximum Gasteiger partial charge on any atom is 0.126 e. The molecule has 2 rings (SSSR count). The van der Waals surface area contributed by atoms with E-state index in [1.165, 1.54) is 12.0 Å². The number of piperazine rings is 1. The van der Waals surface area contributed by atoms with Gasteiger partial charge in [-0.2, -0.15) is 0 Å². The number of nitrogens with one attached hydrogen (secondary N) is 1. The summed E-state index contributed by atoms with van der Waals surface area (Å²) in [5.41, 5.74) is 2.03. The normalized spacial score (nSPS) is 16.8. The minimum atomic E-state index is -0.100. The van der Waals surface area contributed by atoms with Crippen molar-refractivity contribution in [3.8, 4) is 0 Å². The van der Waals surface area contributed by atoms with Crippen LogP contribution >= 0.6 is 24.8 Å². The molecule has 1 aliphatic rings.